The summed E-state index contributed by atoms with van der Waals surface area (Å²) in [4.78, 5) is 67.9. The van der Waals surface area contributed by atoms with Gasteiger partial charge in [-0.25, -0.2) is 4.98 Å². The van der Waals surface area contributed by atoms with Crippen molar-refractivity contribution in [1.29, 1.82) is 0 Å². The Morgan fingerprint density at radius 3 is 2.25 bits per heavy atom. The van der Waals surface area contributed by atoms with Gasteiger partial charge in [0.1, 0.15) is 29.6 Å². The Morgan fingerprint density at radius 1 is 0.863 bits per heavy atom. The molecule has 8 rings (SSSR count). The number of thiazole rings is 1. The third kappa shape index (κ3) is 13.1. The van der Waals surface area contributed by atoms with Gasteiger partial charge in [-0.15, -0.1) is 21.5 Å². The van der Waals surface area contributed by atoms with E-state index in [-0.39, 0.29) is 60.8 Å². The molecule has 5 atom stereocenters. The van der Waals surface area contributed by atoms with Gasteiger partial charge in [0.15, 0.2) is 11.6 Å². The molecule has 73 heavy (non-hydrogen) atoms. The van der Waals surface area contributed by atoms with E-state index in [0.29, 0.717) is 62.3 Å². The van der Waals surface area contributed by atoms with Crippen molar-refractivity contribution in [2.45, 2.75) is 116 Å². The molecule has 0 spiro atoms. The molecule has 0 saturated carbocycles. The summed E-state index contributed by atoms with van der Waals surface area (Å²) >= 11 is 1.58. The van der Waals surface area contributed by atoms with E-state index in [1.807, 2.05) is 75.4 Å². The van der Waals surface area contributed by atoms with Crippen molar-refractivity contribution in [2.75, 3.05) is 61.3 Å². The highest BCUT2D eigenvalue weighted by molar-refractivity contribution is 7.13. The molecule has 388 valence electrons. The molecule has 0 aliphatic carbocycles. The van der Waals surface area contributed by atoms with Crippen LogP contribution in [0.3, 0.4) is 0 Å². The summed E-state index contributed by atoms with van der Waals surface area (Å²) in [5, 5.41) is 35.3. The van der Waals surface area contributed by atoms with Crippen LogP contribution in [0.2, 0.25) is 0 Å². The van der Waals surface area contributed by atoms with E-state index in [4.69, 9.17) is 10.5 Å². The van der Waals surface area contributed by atoms with Crippen molar-refractivity contribution >= 4 is 52.2 Å². The number of carbonyl (C=O) groups is 4. The minimum absolute atomic E-state index is 0.000153. The number of piperidine rings is 1. The Labute approximate surface area is 432 Å². The number of aliphatic hydroxyl groups is 1. The number of hydrogen-bond donors (Lipinski definition) is 5. The van der Waals surface area contributed by atoms with E-state index in [1.54, 1.807) is 35.6 Å². The van der Waals surface area contributed by atoms with Crippen molar-refractivity contribution in [2.24, 2.45) is 5.41 Å². The molecule has 3 aliphatic rings. The topological polar surface area (TPSA) is 220 Å². The Kier molecular flexibility index (Phi) is 16.8. The summed E-state index contributed by atoms with van der Waals surface area (Å²) in [6, 6.07) is 23.1. The van der Waals surface area contributed by atoms with Crippen LogP contribution in [0.15, 0.2) is 84.4 Å². The highest BCUT2D eigenvalue weighted by atomic mass is 32.1. The van der Waals surface area contributed by atoms with Crippen LogP contribution in [-0.2, 0) is 19.2 Å². The van der Waals surface area contributed by atoms with E-state index >= 15 is 0 Å². The van der Waals surface area contributed by atoms with E-state index < -0.39 is 29.5 Å². The Hall–Kier alpha value is -6.79. The van der Waals surface area contributed by atoms with E-state index in [2.05, 4.69) is 59.9 Å². The predicted molar refractivity (Wildman–Crippen MR) is 284 cm³/mol. The van der Waals surface area contributed by atoms with Gasteiger partial charge in [-0.2, -0.15) is 0 Å². The molecule has 2 aromatic heterocycles. The third-order valence-corrected chi connectivity index (χ3v) is 15.2. The minimum Gasteiger partial charge on any atom is -0.507 e. The molecule has 5 heterocycles. The van der Waals surface area contributed by atoms with Gasteiger partial charge in [0, 0.05) is 81.5 Å². The molecule has 3 fully saturated rings. The van der Waals surface area contributed by atoms with Crippen LogP contribution in [0.5, 0.6) is 11.5 Å². The average Bonchev–Trinajstić information content (AvgIpc) is 4.01. The number of ether oxygens (including phenoxy) is 1. The number of hydrogen-bond acceptors (Lipinski definition) is 14. The van der Waals surface area contributed by atoms with Crippen molar-refractivity contribution in [3.05, 3.63) is 95.6 Å². The zero-order valence-electron chi connectivity index (χ0n) is 42.6. The van der Waals surface area contributed by atoms with Gasteiger partial charge >= 0.3 is 0 Å². The summed E-state index contributed by atoms with van der Waals surface area (Å²) in [5.41, 5.74) is 13.5. The SMILES string of the molecule is Cc1ncsc1-c1ccc([C@H](C)NC(=O)[C@@H]2C[C@@H](O)CN2C(=O)[C@@H](NC(=O)CCCCCC(=O)N2CCN(c3ccc(N4CCCC(Oc5cc(-c6ccccc6O)nnc5N)C4)cc3)CC2)C(C)(C)C)cc1. The number of benzene rings is 3. The second-order valence-electron chi connectivity index (χ2n) is 20.7. The van der Waals surface area contributed by atoms with Crippen LogP contribution in [0.1, 0.15) is 96.4 Å². The number of nitrogens with one attached hydrogen (secondary N) is 2. The second-order valence-corrected chi connectivity index (χ2v) is 21.5. The number of aryl methyl sites for hydroxylation is 1. The lowest BCUT2D eigenvalue weighted by Crippen LogP contribution is -2.57. The summed E-state index contributed by atoms with van der Waals surface area (Å²) in [6.45, 7) is 13.8. The summed E-state index contributed by atoms with van der Waals surface area (Å²) in [5.74, 6) is -0.155. The number of β-amino-alcohol motifs (C(OH)–C–C–N with tert-alkyl or cyclic N) is 1. The molecule has 3 aliphatic heterocycles. The number of aliphatic hydroxyl groups excluding tert-OH is 1. The van der Waals surface area contributed by atoms with Gasteiger partial charge in [-0.3, -0.25) is 19.2 Å². The molecule has 5 aromatic rings. The van der Waals surface area contributed by atoms with E-state index in [1.165, 1.54) is 4.90 Å². The maximum Gasteiger partial charge on any atom is 0.246 e. The molecule has 3 saturated heterocycles. The van der Waals surface area contributed by atoms with Gasteiger partial charge in [-0.1, -0.05) is 63.6 Å². The average molecular weight is 1020 g/mol. The number of anilines is 3. The van der Waals surface area contributed by atoms with Gasteiger partial charge in [0.2, 0.25) is 23.6 Å². The van der Waals surface area contributed by atoms with Crippen LogP contribution in [0.25, 0.3) is 21.7 Å². The Morgan fingerprint density at radius 2 is 1.56 bits per heavy atom. The Bertz CT molecular complexity index is 2700. The van der Waals surface area contributed by atoms with Gasteiger partial charge in [0.05, 0.1) is 34.8 Å². The van der Waals surface area contributed by atoms with Gasteiger partial charge < -0.3 is 50.9 Å². The smallest absolute Gasteiger partial charge is 0.246 e. The molecule has 0 bridgehead atoms. The number of phenols is 1. The lowest BCUT2D eigenvalue weighted by Gasteiger charge is -2.37. The molecule has 3 aromatic carbocycles. The molecular formula is C55H70N10O7S. The number of nitrogen functional groups attached to an aromatic ring is 1. The first-order valence-corrected chi connectivity index (χ1v) is 26.4. The fraction of sp³-hybridized carbons (Fsp3) is 0.473. The number of unbranched alkanes of at least 4 members (excludes halogenated alkanes) is 2. The summed E-state index contributed by atoms with van der Waals surface area (Å²) < 4.78 is 6.38. The molecule has 6 N–H and O–H groups in total. The van der Waals surface area contributed by atoms with Crippen LogP contribution >= 0.6 is 11.3 Å². The van der Waals surface area contributed by atoms with Crippen LogP contribution in [-0.4, -0.2) is 129 Å². The number of para-hydroxylation sites is 1. The molecule has 17 nitrogen and oxygen atoms in total. The quantitative estimate of drug-likeness (QED) is 0.0601. The minimum atomic E-state index is -0.910. The van der Waals surface area contributed by atoms with Crippen LogP contribution in [0.4, 0.5) is 17.2 Å². The number of piperazine rings is 1. The predicted octanol–water partition coefficient (Wildman–Crippen LogP) is 6.88. The van der Waals surface area contributed by atoms with Gasteiger partial charge in [-0.05, 0) is 92.5 Å². The standard InChI is InChI=1S/C55H70N10O7S/c1-35(37-17-19-38(20-18-37)50-36(2)57-34-73-50)58-53(70)45-30-41(66)32-65(45)54(71)51(55(3,4)5)59-48(68)15-7-6-8-16-49(69)63-28-26-62(27-29-63)39-21-23-40(24-22-39)64-25-11-12-42(33-64)72-47-31-44(60-61-52(47)56)43-13-9-10-14-46(43)67/h9-10,13-14,17-24,31,34-35,41-42,45,51,66-67H,6-8,11-12,15-16,25-30,32-33H2,1-5H3,(H2,56,61)(H,58,70)(H,59,68)/t35-,41+,42?,45-,51+/m0/s1. The molecule has 0 radical (unpaired) electrons. The first-order valence-electron chi connectivity index (χ1n) is 25.6. The number of aromatic hydroxyl groups is 1. The van der Waals surface area contributed by atoms with Crippen LogP contribution in [0, 0.1) is 12.3 Å². The number of likely N-dealkylation sites (tertiary alicyclic amines) is 1. The summed E-state index contributed by atoms with van der Waals surface area (Å²) in [7, 11) is 0. The van der Waals surface area contributed by atoms with Crippen molar-refractivity contribution < 1.29 is 34.1 Å². The zero-order valence-corrected chi connectivity index (χ0v) is 43.4. The lowest BCUT2D eigenvalue weighted by molar-refractivity contribution is -0.144. The third-order valence-electron chi connectivity index (χ3n) is 14.2. The molecule has 18 heteroatoms. The monoisotopic (exact) mass is 1010 g/mol. The zero-order chi connectivity index (χ0) is 51.8. The number of phenolic OH excluding ortho intramolecular Hbond substituents is 1. The van der Waals surface area contributed by atoms with Crippen LogP contribution < -0.4 is 30.9 Å². The maximum atomic E-state index is 14.2. The molecule has 4 amide bonds. The van der Waals surface area contributed by atoms with E-state index in [0.717, 1.165) is 65.5 Å². The first-order chi connectivity index (χ1) is 35.0. The fourth-order valence-corrected chi connectivity index (χ4v) is 10.8. The number of nitrogens with two attached hydrogens (primary N) is 1. The number of carbonyl (C=O) groups excluding carboxylic acids is 4. The largest absolute Gasteiger partial charge is 0.507 e. The normalized spacial score (nSPS) is 19.1. The number of amides is 4. The fourth-order valence-electron chi connectivity index (χ4n) is 9.98. The lowest BCUT2D eigenvalue weighted by atomic mass is 9.85. The van der Waals surface area contributed by atoms with E-state index in [9.17, 15) is 29.4 Å². The number of nitrogens with zero attached hydrogens (tertiary/aromatic N) is 7. The first kappa shape index (κ1) is 52.5. The number of aromatic nitrogens is 3. The van der Waals surface area contributed by atoms with Gasteiger partial charge in [0.25, 0.3) is 0 Å². The number of rotatable bonds is 17. The highest BCUT2D eigenvalue weighted by Gasteiger charge is 2.44. The second kappa shape index (κ2) is 23.4. The summed E-state index contributed by atoms with van der Waals surface area (Å²) in [6.07, 6.45) is 3.46. The van der Waals surface area contributed by atoms with Crippen molar-refractivity contribution in [3.8, 4) is 33.2 Å². The maximum absolute atomic E-state index is 14.2. The van der Waals surface area contributed by atoms with Crippen molar-refractivity contribution in [1.82, 2.24) is 35.6 Å². The Balaban J connectivity index is 0.742. The van der Waals surface area contributed by atoms with Crippen molar-refractivity contribution in [3.63, 3.8) is 0 Å². The molecular weight excluding hydrogens is 945 g/mol. The molecule has 1 unspecified atom stereocenters. The highest BCUT2D eigenvalue weighted by Crippen LogP contribution is 2.34.